The Morgan fingerprint density at radius 3 is 2.45 bits per heavy atom. The maximum atomic E-state index is 6.18. The monoisotopic (exact) mass is 372 g/mol. The zero-order valence-corrected chi connectivity index (χ0v) is 14.4. The number of halogens is 3. The molecule has 0 aliphatic carbocycles. The van der Waals surface area contributed by atoms with E-state index in [1.165, 1.54) is 5.56 Å². The lowest BCUT2D eigenvalue weighted by Gasteiger charge is -2.21. The zero-order chi connectivity index (χ0) is 14.7. The van der Waals surface area contributed by atoms with Gasteiger partial charge < -0.3 is 5.32 Å². The van der Waals surface area contributed by atoms with Crippen molar-refractivity contribution in [1.29, 1.82) is 0 Å². The van der Waals surface area contributed by atoms with Crippen molar-refractivity contribution in [2.24, 2.45) is 0 Å². The molecule has 2 aromatic rings. The Morgan fingerprint density at radius 1 is 1.25 bits per heavy atom. The summed E-state index contributed by atoms with van der Waals surface area (Å²) in [5.74, 6) is 0. The molecule has 0 spiro atoms. The van der Waals surface area contributed by atoms with Crippen molar-refractivity contribution < 1.29 is 0 Å². The molecular weight excluding hydrogens is 359 g/mol. The first-order chi connectivity index (χ1) is 9.51. The number of nitrogens with zero attached hydrogens (tertiary/aromatic N) is 1. The number of rotatable bonds is 4. The van der Waals surface area contributed by atoms with Crippen molar-refractivity contribution in [3.8, 4) is 0 Å². The predicted molar refractivity (Wildman–Crippen MR) is 89.8 cm³/mol. The lowest BCUT2D eigenvalue weighted by Crippen LogP contribution is -2.11. The molecule has 20 heavy (non-hydrogen) atoms. The van der Waals surface area contributed by atoms with E-state index in [2.05, 4.69) is 45.3 Å². The highest BCUT2D eigenvalue weighted by atomic mass is 79.9. The van der Waals surface area contributed by atoms with E-state index >= 15 is 0 Å². The quantitative estimate of drug-likeness (QED) is 0.662. The highest BCUT2D eigenvalue weighted by Crippen LogP contribution is 2.31. The Kier molecular flexibility index (Phi) is 5.30. The fraction of sp³-hybridized carbons (Fsp3) is 0.267. The third kappa shape index (κ3) is 3.66. The number of aryl methyl sites for hydroxylation is 1. The van der Waals surface area contributed by atoms with E-state index in [9.17, 15) is 0 Å². The van der Waals surface area contributed by atoms with Gasteiger partial charge in [-0.25, -0.2) is 4.98 Å². The van der Waals surface area contributed by atoms with Crippen LogP contribution in [0.25, 0.3) is 0 Å². The molecule has 106 valence electrons. The van der Waals surface area contributed by atoms with Gasteiger partial charge in [-0.3, -0.25) is 0 Å². The summed E-state index contributed by atoms with van der Waals surface area (Å²) in [5, 5.41) is 4.28. The second kappa shape index (κ2) is 6.79. The lowest BCUT2D eigenvalue weighted by atomic mass is 10.0. The Morgan fingerprint density at radius 2 is 1.90 bits per heavy atom. The molecule has 0 saturated carbocycles. The Balaban J connectivity index is 2.29. The highest BCUT2D eigenvalue weighted by molar-refractivity contribution is 9.10. The van der Waals surface area contributed by atoms with Gasteiger partial charge >= 0.3 is 0 Å². The minimum Gasteiger partial charge on any atom is -0.376 e. The zero-order valence-electron chi connectivity index (χ0n) is 11.3. The molecule has 1 aromatic heterocycles. The number of hydrogen-bond donors (Lipinski definition) is 1. The van der Waals surface area contributed by atoms with Gasteiger partial charge in [0.25, 0.3) is 0 Å². The van der Waals surface area contributed by atoms with Crippen molar-refractivity contribution in [2.45, 2.75) is 26.3 Å². The van der Waals surface area contributed by atoms with Crippen molar-refractivity contribution >= 4 is 44.8 Å². The molecule has 1 aromatic carbocycles. The molecular formula is C15H15BrCl2N2. The van der Waals surface area contributed by atoms with Crippen molar-refractivity contribution in [3.63, 3.8) is 0 Å². The topological polar surface area (TPSA) is 24.9 Å². The van der Waals surface area contributed by atoms with Crippen molar-refractivity contribution in [3.05, 3.63) is 56.2 Å². The number of benzene rings is 1. The Bertz CT molecular complexity index is 576. The average Bonchev–Trinajstić information content (AvgIpc) is 2.39. The first kappa shape index (κ1) is 15.6. The number of nitrogens with one attached hydrogen (secondary N) is 1. The second-order valence-electron chi connectivity index (χ2n) is 4.58. The summed E-state index contributed by atoms with van der Waals surface area (Å²) in [7, 11) is 0. The standard InChI is InChI=1S/C15H15BrCl2N2/c1-3-12(10-4-6-11(16)7-5-10)19-14-9(2)8-13(17)20-15(14)18/h4-8,12,19H,3H2,1-2H3. The molecule has 1 N–H and O–H groups in total. The van der Waals surface area contributed by atoms with Crippen LogP contribution in [0.15, 0.2) is 34.8 Å². The molecule has 0 aliphatic rings. The summed E-state index contributed by atoms with van der Waals surface area (Å²) in [4.78, 5) is 4.09. The van der Waals surface area contributed by atoms with Gasteiger partial charge in [0.05, 0.1) is 11.7 Å². The third-order valence-electron chi connectivity index (χ3n) is 3.14. The van der Waals surface area contributed by atoms with Crippen LogP contribution in [0.4, 0.5) is 5.69 Å². The summed E-state index contributed by atoms with van der Waals surface area (Å²) in [6.07, 6.45) is 0.944. The van der Waals surface area contributed by atoms with Gasteiger partial charge in [0, 0.05) is 4.47 Å². The summed E-state index contributed by atoms with van der Waals surface area (Å²) in [6, 6.07) is 10.3. The van der Waals surface area contributed by atoms with Gasteiger partial charge in [-0.1, -0.05) is 58.2 Å². The van der Waals surface area contributed by atoms with E-state index in [0.29, 0.717) is 10.3 Å². The predicted octanol–water partition coefficient (Wildman–Crippen LogP) is 6.02. The molecule has 0 amide bonds. The number of hydrogen-bond acceptors (Lipinski definition) is 2. The Hall–Kier alpha value is -0.770. The van der Waals surface area contributed by atoms with E-state index in [1.54, 1.807) is 0 Å². The van der Waals surface area contributed by atoms with Gasteiger partial charge in [-0.05, 0) is 42.7 Å². The highest BCUT2D eigenvalue weighted by Gasteiger charge is 2.14. The molecule has 0 aliphatic heterocycles. The average molecular weight is 374 g/mol. The molecule has 0 bridgehead atoms. The minimum atomic E-state index is 0.183. The van der Waals surface area contributed by atoms with Crippen LogP contribution >= 0.6 is 39.1 Å². The van der Waals surface area contributed by atoms with E-state index in [4.69, 9.17) is 23.2 Å². The van der Waals surface area contributed by atoms with Crippen LogP contribution in [0.2, 0.25) is 10.3 Å². The van der Waals surface area contributed by atoms with E-state index < -0.39 is 0 Å². The fourth-order valence-electron chi connectivity index (χ4n) is 2.06. The molecule has 1 heterocycles. The van der Waals surface area contributed by atoms with E-state index in [1.807, 2.05) is 25.1 Å². The van der Waals surface area contributed by atoms with E-state index in [0.717, 1.165) is 22.1 Å². The first-order valence-electron chi connectivity index (χ1n) is 6.36. The SMILES string of the molecule is CCC(Nc1c(C)cc(Cl)nc1Cl)c1ccc(Br)cc1. The maximum absolute atomic E-state index is 6.18. The van der Waals surface area contributed by atoms with Gasteiger partial charge in [-0.15, -0.1) is 0 Å². The fourth-order valence-corrected chi connectivity index (χ4v) is 2.91. The smallest absolute Gasteiger partial charge is 0.154 e. The van der Waals surface area contributed by atoms with Crippen LogP contribution in [-0.2, 0) is 0 Å². The van der Waals surface area contributed by atoms with Crippen LogP contribution < -0.4 is 5.32 Å². The van der Waals surface area contributed by atoms with Gasteiger partial charge in [0.1, 0.15) is 5.15 Å². The second-order valence-corrected chi connectivity index (χ2v) is 6.25. The van der Waals surface area contributed by atoms with Crippen LogP contribution in [-0.4, -0.2) is 4.98 Å². The molecule has 2 rings (SSSR count). The summed E-state index contributed by atoms with van der Waals surface area (Å²) >= 11 is 15.5. The van der Waals surface area contributed by atoms with Crippen LogP contribution in [0, 0.1) is 6.92 Å². The van der Waals surface area contributed by atoms with Crippen LogP contribution in [0.5, 0.6) is 0 Å². The number of anilines is 1. The summed E-state index contributed by atoms with van der Waals surface area (Å²) < 4.78 is 1.07. The lowest BCUT2D eigenvalue weighted by molar-refractivity contribution is 0.747. The van der Waals surface area contributed by atoms with Gasteiger partial charge in [-0.2, -0.15) is 0 Å². The summed E-state index contributed by atoms with van der Waals surface area (Å²) in [6.45, 7) is 4.10. The molecule has 0 radical (unpaired) electrons. The van der Waals surface area contributed by atoms with Crippen molar-refractivity contribution in [1.82, 2.24) is 4.98 Å². The molecule has 1 unspecified atom stereocenters. The number of aromatic nitrogens is 1. The Labute approximate surface area is 137 Å². The minimum absolute atomic E-state index is 0.183. The van der Waals surface area contributed by atoms with Gasteiger partial charge in [0.2, 0.25) is 0 Å². The maximum Gasteiger partial charge on any atom is 0.154 e. The molecule has 5 heteroatoms. The van der Waals surface area contributed by atoms with Gasteiger partial charge in [0.15, 0.2) is 5.15 Å². The third-order valence-corrected chi connectivity index (χ3v) is 4.14. The number of pyridine rings is 1. The summed E-state index contributed by atoms with van der Waals surface area (Å²) in [5.41, 5.74) is 3.04. The molecule has 1 atom stereocenters. The molecule has 0 saturated heterocycles. The first-order valence-corrected chi connectivity index (χ1v) is 7.90. The van der Waals surface area contributed by atoms with E-state index in [-0.39, 0.29) is 6.04 Å². The van der Waals surface area contributed by atoms with Crippen LogP contribution in [0.1, 0.15) is 30.5 Å². The largest absolute Gasteiger partial charge is 0.376 e. The van der Waals surface area contributed by atoms with Crippen molar-refractivity contribution in [2.75, 3.05) is 5.32 Å². The van der Waals surface area contributed by atoms with Crippen LogP contribution in [0.3, 0.4) is 0 Å². The molecule has 2 nitrogen and oxygen atoms in total. The molecule has 0 fully saturated rings. The normalized spacial score (nSPS) is 12.2.